The molecular weight excluding hydrogens is 338 g/mol. The Morgan fingerprint density at radius 1 is 1.24 bits per heavy atom. The van der Waals surface area contributed by atoms with Crippen LogP contribution in [0.2, 0.25) is 0 Å². The standard InChI is InChI=1S/C18H23N3O3S/c1-4-5-10-19-16(22)12-21-17(23)15(25-18(21)24)11-13-6-8-14(9-7-13)20(2)3/h6-9,11H,4-5,10,12H2,1-3H3,(H,19,22)/b15-11-. The predicted octanol–water partition coefficient (Wildman–Crippen LogP) is 2.71. The third-order valence-corrected chi connectivity index (χ3v) is 4.64. The van der Waals surface area contributed by atoms with E-state index in [0.29, 0.717) is 11.4 Å². The van der Waals surface area contributed by atoms with E-state index in [2.05, 4.69) is 5.32 Å². The minimum atomic E-state index is -0.419. The molecule has 25 heavy (non-hydrogen) atoms. The second kappa shape index (κ2) is 8.71. The molecule has 0 bridgehead atoms. The fourth-order valence-electron chi connectivity index (χ4n) is 2.26. The molecule has 1 heterocycles. The van der Waals surface area contributed by atoms with Gasteiger partial charge in [-0.2, -0.15) is 0 Å². The molecule has 1 aliphatic heterocycles. The Morgan fingerprint density at radius 2 is 1.92 bits per heavy atom. The van der Waals surface area contributed by atoms with Crippen molar-refractivity contribution in [2.75, 3.05) is 32.1 Å². The molecule has 0 spiro atoms. The van der Waals surface area contributed by atoms with Crippen LogP contribution >= 0.6 is 11.8 Å². The van der Waals surface area contributed by atoms with Crippen LogP contribution in [-0.2, 0) is 9.59 Å². The number of amides is 3. The van der Waals surface area contributed by atoms with Gasteiger partial charge in [-0.1, -0.05) is 25.5 Å². The number of benzene rings is 1. The SMILES string of the molecule is CCCCNC(=O)CN1C(=O)S/C(=C\c2ccc(N(C)C)cc2)C1=O. The highest BCUT2D eigenvalue weighted by Gasteiger charge is 2.36. The summed E-state index contributed by atoms with van der Waals surface area (Å²) in [6.07, 6.45) is 3.52. The number of hydrogen-bond donors (Lipinski definition) is 1. The summed E-state index contributed by atoms with van der Waals surface area (Å²) in [6, 6.07) is 7.66. The monoisotopic (exact) mass is 361 g/mol. The highest BCUT2D eigenvalue weighted by molar-refractivity contribution is 8.18. The zero-order valence-electron chi connectivity index (χ0n) is 14.7. The number of rotatable bonds is 7. The topological polar surface area (TPSA) is 69.7 Å². The molecule has 0 radical (unpaired) electrons. The van der Waals surface area contributed by atoms with Crippen LogP contribution in [-0.4, -0.2) is 49.1 Å². The van der Waals surface area contributed by atoms with Gasteiger partial charge in [0.25, 0.3) is 11.1 Å². The van der Waals surface area contributed by atoms with Crippen molar-refractivity contribution in [1.29, 1.82) is 0 Å². The molecule has 1 aromatic carbocycles. The number of carbonyl (C=O) groups is 3. The van der Waals surface area contributed by atoms with Crippen LogP contribution in [0.4, 0.5) is 10.5 Å². The molecule has 1 aliphatic rings. The summed E-state index contributed by atoms with van der Waals surface area (Å²) in [6.45, 7) is 2.35. The Labute approximate surface area is 152 Å². The first-order chi connectivity index (χ1) is 11.9. The van der Waals surface area contributed by atoms with Gasteiger partial charge in [-0.15, -0.1) is 0 Å². The zero-order chi connectivity index (χ0) is 18.4. The molecule has 1 N–H and O–H groups in total. The Kier molecular flexibility index (Phi) is 6.64. The Bertz CT molecular complexity index is 683. The van der Waals surface area contributed by atoms with Crippen LogP contribution in [0.5, 0.6) is 0 Å². The fourth-order valence-corrected chi connectivity index (χ4v) is 3.10. The number of anilines is 1. The molecule has 0 saturated carbocycles. The maximum Gasteiger partial charge on any atom is 0.294 e. The van der Waals surface area contributed by atoms with E-state index in [4.69, 9.17) is 0 Å². The summed E-state index contributed by atoms with van der Waals surface area (Å²) in [4.78, 5) is 39.6. The van der Waals surface area contributed by atoms with Gasteiger partial charge in [-0.3, -0.25) is 19.3 Å². The average molecular weight is 361 g/mol. The first-order valence-corrected chi connectivity index (χ1v) is 9.03. The van der Waals surface area contributed by atoms with Crippen LogP contribution in [0.15, 0.2) is 29.2 Å². The lowest BCUT2D eigenvalue weighted by Crippen LogP contribution is -2.39. The molecule has 2 rings (SSSR count). The van der Waals surface area contributed by atoms with Crippen molar-refractivity contribution in [3.8, 4) is 0 Å². The maximum atomic E-state index is 12.4. The first kappa shape index (κ1) is 19.1. The van der Waals surface area contributed by atoms with Crippen LogP contribution in [0.1, 0.15) is 25.3 Å². The van der Waals surface area contributed by atoms with Gasteiger partial charge in [-0.25, -0.2) is 0 Å². The Hall–Kier alpha value is -2.28. The van der Waals surface area contributed by atoms with Crippen LogP contribution in [0.25, 0.3) is 6.08 Å². The van der Waals surface area contributed by atoms with E-state index < -0.39 is 11.1 Å². The largest absolute Gasteiger partial charge is 0.378 e. The van der Waals surface area contributed by atoms with E-state index in [-0.39, 0.29) is 12.5 Å². The van der Waals surface area contributed by atoms with E-state index in [0.717, 1.165) is 40.8 Å². The maximum absolute atomic E-state index is 12.4. The molecule has 6 nitrogen and oxygen atoms in total. The molecule has 0 aromatic heterocycles. The molecule has 0 unspecified atom stereocenters. The van der Waals surface area contributed by atoms with Crippen molar-refractivity contribution in [3.05, 3.63) is 34.7 Å². The molecule has 0 aliphatic carbocycles. The van der Waals surface area contributed by atoms with Gasteiger partial charge >= 0.3 is 0 Å². The number of imide groups is 1. The van der Waals surface area contributed by atoms with Gasteiger partial charge in [0.2, 0.25) is 5.91 Å². The van der Waals surface area contributed by atoms with E-state index in [1.54, 1.807) is 6.08 Å². The first-order valence-electron chi connectivity index (χ1n) is 8.22. The number of nitrogens with one attached hydrogen (secondary N) is 1. The van der Waals surface area contributed by atoms with Gasteiger partial charge in [0, 0.05) is 26.3 Å². The molecule has 1 fully saturated rings. The highest BCUT2D eigenvalue weighted by Crippen LogP contribution is 2.32. The van der Waals surface area contributed by atoms with Gasteiger partial charge in [0.05, 0.1) is 4.91 Å². The lowest BCUT2D eigenvalue weighted by Gasteiger charge is -2.12. The van der Waals surface area contributed by atoms with Crippen molar-refractivity contribution in [3.63, 3.8) is 0 Å². The molecular formula is C18H23N3O3S. The number of hydrogen-bond acceptors (Lipinski definition) is 5. The average Bonchev–Trinajstić information content (AvgIpc) is 2.83. The quantitative estimate of drug-likeness (QED) is 0.597. The summed E-state index contributed by atoms with van der Waals surface area (Å²) >= 11 is 0.866. The number of unbranched alkanes of at least 4 members (excludes halogenated alkanes) is 1. The highest BCUT2D eigenvalue weighted by atomic mass is 32.2. The number of nitrogens with zero attached hydrogens (tertiary/aromatic N) is 2. The van der Waals surface area contributed by atoms with Gasteiger partial charge in [-0.05, 0) is 42.0 Å². The zero-order valence-corrected chi connectivity index (χ0v) is 15.6. The van der Waals surface area contributed by atoms with E-state index in [9.17, 15) is 14.4 Å². The lowest BCUT2D eigenvalue weighted by atomic mass is 10.2. The van der Waals surface area contributed by atoms with Crippen molar-refractivity contribution < 1.29 is 14.4 Å². The minimum absolute atomic E-state index is 0.231. The number of thioether (sulfide) groups is 1. The molecule has 1 aromatic rings. The normalized spacial score (nSPS) is 15.8. The smallest absolute Gasteiger partial charge is 0.294 e. The summed E-state index contributed by atoms with van der Waals surface area (Å²) < 4.78 is 0. The van der Waals surface area contributed by atoms with Crippen LogP contribution in [0, 0.1) is 0 Å². The summed E-state index contributed by atoms with van der Waals surface area (Å²) in [5.74, 6) is -0.732. The summed E-state index contributed by atoms with van der Waals surface area (Å²) in [5, 5.41) is 2.30. The lowest BCUT2D eigenvalue weighted by molar-refractivity contribution is -0.129. The minimum Gasteiger partial charge on any atom is -0.378 e. The molecule has 0 atom stereocenters. The van der Waals surface area contributed by atoms with Crippen molar-refractivity contribution in [2.45, 2.75) is 19.8 Å². The Morgan fingerprint density at radius 3 is 2.52 bits per heavy atom. The molecule has 1 saturated heterocycles. The van der Waals surface area contributed by atoms with Gasteiger partial charge in [0.15, 0.2) is 0 Å². The van der Waals surface area contributed by atoms with Crippen LogP contribution in [0.3, 0.4) is 0 Å². The van der Waals surface area contributed by atoms with Gasteiger partial charge in [0.1, 0.15) is 6.54 Å². The summed E-state index contributed by atoms with van der Waals surface area (Å²) in [5.41, 5.74) is 1.89. The molecule has 7 heteroatoms. The second-order valence-electron chi connectivity index (χ2n) is 5.96. The third-order valence-electron chi connectivity index (χ3n) is 3.74. The van der Waals surface area contributed by atoms with Crippen molar-refractivity contribution in [2.24, 2.45) is 0 Å². The van der Waals surface area contributed by atoms with E-state index in [1.165, 1.54) is 0 Å². The van der Waals surface area contributed by atoms with Gasteiger partial charge < -0.3 is 10.2 Å². The van der Waals surface area contributed by atoms with Crippen molar-refractivity contribution in [1.82, 2.24) is 10.2 Å². The van der Waals surface area contributed by atoms with Crippen LogP contribution < -0.4 is 10.2 Å². The Balaban J connectivity index is 2.03. The fraction of sp³-hybridized carbons (Fsp3) is 0.389. The van der Waals surface area contributed by atoms with Crippen molar-refractivity contribution >= 4 is 40.6 Å². The van der Waals surface area contributed by atoms with E-state index >= 15 is 0 Å². The third kappa shape index (κ3) is 5.09. The van der Waals surface area contributed by atoms with E-state index in [1.807, 2.05) is 50.2 Å². The second-order valence-corrected chi connectivity index (χ2v) is 6.95. The predicted molar refractivity (Wildman–Crippen MR) is 101 cm³/mol. The summed E-state index contributed by atoms with van der Waals surface area (Å²) in [7, 11) is 3.90. The molecule has 3 amide bonds. The number of carbonyl (C=O) groups excluding carboxylic acids is 3. The molecule has 134 valence electrons.